The lowest BCUT2D eigenvalue weighted by Crippen LogP contribution is -2.32. The number of ether oxygens (including phenoxy) is 4. The van der Waals surface area contributed by atoms with Gasteiger partial charge in [-0.2, -0.15) is 0 Å². The van der Waals surface area contributed by atoms with Gasteiger partial charge in [0.15, 0.2) is 11.5 Å². The van der Waals surface area contributed by atoms with Gasteiger partial charge in [0.05, 0.1) is 24.8 Å². The van der Waals surface area contributed by atoms with Crippen molar-refractivity contribution >= 4 is 17.4 Å². The van der Waals surface area contributed by atoms with Crippen LogP contribution in [-0.2, 0) is 14.3 Å². The number of carbonyl (C=O) groups excluding carboxylic acids is 2. The zero-order valence-corrected chi connectivity index (χ0v) is 18.0. The van der Waals surface area contributed by atoms with Crippen LogP contribution in [0.15, 0.2) is 48.0 Å². The summed E-state index contributed by atoms with van der Waals surface area (Å²) in [7, 11) is 1.52. The Morgan fingerprint density at radius 3 is 2.50 bits per heavy atom. The highest BCUT2D eigenvalue weighted by Gasteiger charge is 2.46. The summed E-state index contributed by atoms with van der Waals surface area (Å²) in [5.74, 6) is 0.105. The normalized spacial score (nSPS) is 19.3. The van der Waals surface area contributed by atoms with Crippen LogP contribution in [0.25, 0.3) is 5.76 Å². The number of Topliss-reactive ketones (excluding diaryl/α,β-unsaturated/α-hetero) is 1. The third-order valence-corrected chi connectivity index (χ3v) is 5.40. The number of methoxy groups -OCH3 is 1. The molecule has 0 radical (unpaired) electrons. The van der Waals surface area contributed by atoms with E-state index in [1.165, 1.54) is 12.0 Å². The second-order valence-corrected chi connectivity index (χ2v) is 7.35. The summed E-state index contributed by atoms with van der Waals surface area (Å²) in [5.41, 5.74) is 1.07. The zero-order chi connectivity index (χ0) is 22.7. The van der Waals surface area contributed by atoms with E-state index in [0.717, 1.165) is 0 Å². The molecule has 0 aliphatic carbocycles. The molecule has 2 heterocycles. The number of benzene rings is 2. The summed E-state index contributed by atoms with van der Waals surface area (Å²) in [6.07, 6.45) is 0. The topological polar surface area (TPSA) is 94.5 Å². The van der Waals surface area contributed by atoms with Crippen molar-refractivity contribution in [3.63, 3.8) is 0 Å². The maximum atomic E-state index is 13.0. The Bertz CT molecular complexity index is 1040. The molecule has 0 aromatic heterocycles. The van der Waals surface area contributed by atoms with Gasteiger partial charge >= 0.3 is 0 Å². The number of nitrogens with zero attached hydrogens (tertiary/aromatic N) is 1. The lowest BCUT2D eigenvalue weighted by Gasteiger charge is -2.26. The first kappa shape index (κ1) is 21.7. The van der Waals surface area contributed by atoms with Gasteiger partial charge in [-0.25, -0.2) is 0 Å². The maximum absolute atomic E-state index is 13.0. The number of hydrogen-bond donors (Lipinski definition) is 1. The van der Waals surface area contributed by atoms with E-state index in [2.05, 4.69) is 0 Å². The highest BCUT2D eigenvalue weighted by atomic mass is 16.6. The fourth-order valence-electron chi connectivity index (χ4n) is 3.91. The third kappa shape index (κ3) is 4.01. The van der Waals surface area contributed by atoms with Gasteiger partial charge in [0, 0.05) is 19.2 Å². The Morgan fingerprint density at radius 2 is 1.81 bits per heavy atom. The van der Waals surface area contributed by atoms with Crippen molar-refractivity contribution in [1.82, 2.24) is 4.90 Å². The number of likely N-dealkylation sites (tertiary alicyclic amines) is 1. The molecular formula is C24H25NO7. The van der Waals surface area contributed by atoms with E-state index in [1.54, 1.807) is 42.5 Å². The van der Waals surface area contributed by atoms with Gasteiger partial charge in [-0.05, 0) is 48.9 Å². The molecule has 4 rings (SSSR count). The second-order valence-electron chi connectivity index (χ2n) is 7.35. The number of amides is 1. The summed E-state index contributed by atoms with van der Waals surface area (Å²) < 4.78 is 21.8. The van der Waals surface area contributed by atoms with Crippen molar-refractivity contribution in [2.24, 2.45) is 0 Å². The molecule has 8 nitrogen and oxygen atoms in total. The molecule has 1 atom stereocenters. The largest absolute Gasteiger partial charge is 0.507 e. The van der Waals surface area contributed by atoms with Gasteiger partial charge in [-0.3, -0.25) is 9.59 Å². The van der Waals surface area contributed by atoms with Crippen LogP contribution in [-0.4, -0.2) is 61.8 Å². The summed E-state index contributed by atoms with van der Waals surface area (Å²) >= 11 is 0. The van der Waals surface area contributed by atoms with E-state index in [9.17, 15) is 14.7 Å². The van der Waals surface area contributed by atoms with Crippen molar-refractivity contribution in [3.8, 4) is 17.2 Å². The molecule has 1 unspecified atom stereocenters. The Labute approximate surface area is 185 Å². The van der Waals surface area contributed by atoms with Crippen LogP contribution in [0.2, 0.25) is 0 Å². The Morgan fingerprint density at radius 1 is 1.09 bits per heavy atom. The fraction of sp³-hybridized carbons (Fsp3) is 0.333. The predicted octanol–water partition coefficient (Wildman–Crippen LogP) is 2.92. The van der Waals surface area contributed by atoms with E-state index in [4.69, 9.17) is 18.9 Å². The molecule has 2 aliphatic rings. The highest BCUT2D eigenvalue weighted by molar-refractivity contribution is 6.46. The molecule has 168 valence electrons. The third-order valence-electron chi connectivity index (χ3n) is 5.40. The van der Waals surface area contributed by atoms with E-state index in [-0.39, 0.29) is 24.5 Å². The first-order chi connectivity index (χ1) is 15.5. The predicted molar refractivity (Wildman–Crippen MR) is 116 cm³/mol. The van der Waals surface area contributed by atoms with Crippen molar-refractivity contribution < 1.29 is 33.6 Å². The molecule has 8 heteroatoms. The summed E-state index contributed by atoms with van der Waals surface area (Å²) in [4.78, 5) is 27.3. The molecule has 0 spiro atoms. The van der Waals surface area contributed by atoms with E-state index in [0.29, 0.717) is 48.2 Å². The van der Waals surface area contributed by atoms with Crippen molar-refractivity contribution in [2.45, 2.75) is 13.0 Å². The molecule has 1 amide bonds. The second kappa shape index (κ2) is 9.32. The van der Waals surface area contributed by atoms with E-state index < -0.39 is 17.7 Å². The summed E-state index contributed by atoms with van der Waals surface area (Å²) in [6, 6.07) is 11.2. The molecule has 2 aromatic rings. The minimum Gasteiger partial charge on any atom is -0.507 e. The molecule has 1 N–H and O–H groups in total. The molecule has 1 fully saturated rings. The average Bonchev–Trinajstić information content (AvgIpc) is 3.07. The fourth-order valence-corrected chi connectivity index (χ4v) is 3.91. The number of ketones is 1. The Balaban J connectivity index is 1.80. The number of hydrogen-bond acceptors (Lipinski definition) is 7. The first-order valence-corrected chi connectivity index (χ1v) is 10.4. The molecule has 1 saturated heterocycles. The maximum Gasteiger partial charge on any atom is 0.295 e. The standard InChI is InChI=1S/C24H25NO7/c1-3-30-17-7-4-15(5-8-17)22(26)20-21(25(10-11-29-2)24(28)23(20)27)16-6-9-18-19(14-16)32-13-12-31-18/h4-9,14,21,26H,3,10-13H2,1-2H3/b22-20-. The summed E-state index contributed by atoms with van der Waals surface area (Å²) in [6.45, 7) is 3.70. The van der Waals surface area contributed by atoms with Crippen molar-refractivity contribution in [3.05, 3.63) is 59.2 Å². The van der Waals surface area contributed by atoms with Crippen molar-refractivity contribution in [2.75, 3.05) is 40.1 Å². The van der Waals surface area contributed by atoms with Gasteiger partial charge in [0.2, 0.25) is 0 Å². The van der Waals surface area contributed by atoms with Gasteiger partial charge in [0.1, 0.15) is 24.7 Å². The van der Waals surface area contributed by atoms with Gasteiger partial charge in [0.25, 0.3) is 11.7 Å². The van der Waals surface area contributed by atoms with E-state index >= 15 is 0 Å². The Kier molecular flexibility index (Phi) is 6.32. The number of fused-ring (bicyclic) bond motifs is 1. The van der Waals surface area contributed by atoms with Crippen LogP contribution >= 0.6 is 0 Å². The highest BCUT2D eigenvalue weighted by Crippen LogP contribution is 2.42. The quantitative estimate of drug-likeness (QED) is 0.403. The molecule has 0 bridgehead atoms. The first-order valence-electron chi connectivity index (χ1n) is 10.4. The number of aliphatic hydroxyl groups excluding tert-OH is 1. The lowest BCUT2D eigenvalue weighted by molar-refractivity contribution is -0.140. The van der Waals surface area contributed by atoms with Crippen LogP contribution < -0.4 is 14.2 Å². The molecule has 32 heavy (non-hydrogen) atoms. The van der Waals surface area contributed by atoms with Crippen LogP contribution in [0.5, 0.6) is 17.2 Å². The van der Waals surface area contributed by atoms with Crippen LogP contribution in [0.3, 0.4) is 0 Å². The number of rotatable bonds is 7. The average molecular weight is 439 g/mol. The van der Waals surface area contributed by atoms with Crippen LogP contribution in [0.4, 0.5) is 0 Å². The smallest absolute Gasteiger partial charge is 0.295 e. The van der Waals surface area contributed by atoms with Gasteiger partial charge in [-0.15, -0.1) is 0 Å². The minimum atomic E-state index is -0.785. The number of aliphatic hydroxyl groups is 1. The van der Waals surface area contributed by atoms with E-state index in [1.807, 2.05) is 6.92 Å². The van der Waals surface area contributed by atoms with Crippen molar-refractivity contribution in [1.29, 1.82) is 0 Å². The SMILES string of the molecule is CCOc1ccc(/C(O)=C2/C(=O)C(=O)N(CCOC)C2c2ccc3c(c2)OCCO3)cc1. The minimum absolute atomic E-state index is 0.0203. The van der Waals surface area contributed by atoms with Crippen LogP contribution in [0.1, 0.15) is 24.1 Å². The molecule has 2 aromatic carbocycles. The Hall–Kier alpha value is -3.52. The van der Waals surface area contributed by atoms with Gasteiger partial charge < -0.3 is 29.0 Å². The van der Waals surface area contributed by atoms with Gasteiger partial charge in [-0.1, -0.05) is 6.07 Å². The lowest BCUT2D eigenvalue weighted by atomic mass is 9.95. The zero-order valence-electron chi connectivity index (χ0n) is 18.0. The summed E-state index contributed by atoms with van der Waals surface area (Å²) in [5, 5.41) is 11.1. The molecular weight excluding hydrogens is 414 g/mol. The monoisotopic (exact) mass is 439 g/mol. The molecule has 0 saturated carbocycles. The molecule has 2 aliphatic heterocycles. The number of carbonyl (C=O) groups is 2. The van der Waals surface area contributed by atoms with Crippen LogP contribution in [0, 0.1) is 0 Å².